The van der Waals surface area contributed by atoms with E-state index >= 15 is 0 Å². The maximum Gasteiger partial charge on any atom is 0.302 e. The molecule has 7 saturated heterocycles. The Balaban J connectivity index is 0.000000520. The third-order valence-electron chi connectivity index (χ3n) is 14.9. The minimum absolute atomic E-state index is 0.00259. The molecule has 0 saturated carbocycles. The highest BCUT2D eigenvalue weighted by atomic mass is 19.3. The summed E-state index contributed by atoms with van der Waals surface area (Å²) in [5.41, 5.74) is 69.7. The number of alkyl halides is 7. The van der Waals surface area contributed by atoms with Crippen LogP contribution in [0.15, 0.2) is 0 Å². The van der Waals surface area contributed by atoms with Crippen LogP contribution in [-0.2, 0) is 66.3 Å². The van der Waals surface area contributed by atoms with Gasteiger partial charge in [0, 0.05) is 95.6 Å². The molecule has 7 rings (SSSR count). The fourth-order valence-corrected chi connectivity index (χ4v) is 9.21. The van der Waals surface area contributed by atoms with Crippen LogP contribution in [0.1, 0.15) is 25.7 Å². The zero-order valence-corrected chi connectivity index (χ0v) is 51.1. The minimum atomic E-state index is -3.46. The summed E-state index contributed by atoms with van der Waals surface area (Å²) in [6, 6.07) is -4.81. The molecule has 0 aliphatic carbocycles. The molecule has 7 heterocycles. The summed E-state index contributed by atoms with van der Waals surface area (Å²) >= 11 is 0. The lowest BCUT2D eigenvalue weighted by molar-refractivity contribution is -0.301. The molecule has 89 heavy (non-hydrogen) atoms. The third-order valence-corrected chi connectivity index (χ3v) is 14.9. The van der Waals surface area contributed by atoms with Crippen LogP contribution in [0.4, 0.5) is 30.7 Å². The molecule has 0 amide bonds. The van der Waals surface area contributed by atoms with Gasteiger partial charge in [0.1, 0.15) is 79.4 Å². The second-order valence-corrected chi connectivity index (χ2v) is 21.0. The molecule has 0 bridgehead atoms. The van der Waals surface area contributed by atoms with Crippen molar-refractivity contribution in [2.45, 2.75) is 216 Å². The maximum absolute atomic E-state index is 13.3. The van der Waals surface area contributed by atoms with Crippen LogP contribution in [0, 0.1) is 0 Å². The molecule has 32 N–H and O–H groups in total. The number of halogens is 7. The fourth-order valence-electron chi connectivity index (χ4n) is 9.21. The molecule has 534 valence electrons. The fraction of sp³-hybridized carbons (Fsp3) is 1.00. The van der Waals surface area contributed by atoms with Gasteiger partial charge < -0.3 is 171 Å². The number of methoxy groups -OCH3 is 7. The summed E-state index contributed by atoms with van der Waals surface area (Å²) in [7, 11) is 9.69. The Kier molecular flexibility index (Phi) is 40.1. The van der Waals surface area contributed by atoms with E-state index in [4.69, 9.17) is 131 Å². The van der Waals surface area contributed by atoms with E-state index in [1.807, 2.05) is 0 Å². The smallest absolute Gasteiger partial charge is 0.302 e. The van der Waals surface area contributed by atoms with Crippen LogP contribution in [0.25, 0.3) is 0 Å². The summed E-state index contributed by atoms with van der Waals surface area (Å²) in [4.78, 5) is 0. The van der Waals surface area contributed by atoms with Crippen LogP contribution in [0.3, 0.4) is 0 Å². The molecule has 0 aromatic heterocycles. The first kappa shape index (κ1) is 85.2. The highest BCUT2D eigenvalue weighted by Gasteiger charge is 2.58. The van der Waals surface area contributed by atoms with Crippen LogP contribution < -0.4 is 74.5 Å². The predicted molar refractivity (Wildman–Crippen MR) is 300 cm³/mol. The first-order valence-electron chi connectivity index (χ1n) is 28.3. The van der Waals surface area contributed by atoms with Crippen molar-refractivity contribution in [1.82, 2.24) is 0 Å². The van der Waals surface area contributed by atoms with Crippen molar-refractivity contribution in [2.24, 2.45) is 74.5 Å². The average Bonchev–Trinajstić information content (AvgIpc) is 1.59. The minimum Gasteiger partial charge on any atom is -0.388 e. The molecule has 40 heteroatoms. The van der Waals surface area contributed by atoms with E-state index in [2.05, 4.69) is 9.47 Å². The molecule has 7 aliphatic heterocycles. The topological polar surface area (TPSA) is 589 Å². The van der Waals surface area contributed by atoms with Crippen LogP contribution in [0.5, 0.6) is 0 Å². The third kappa shape index (κ3) is 23.8. The highest BCUT2D eigenvalue weighted by Crippen LogP contribution is 2.35. The van der Waals surface area contributed by atoms with E-state index in [-0.39, 0.29) is 63.1 Å². The lowest BCUT2D eigenvalue weighted by Gasteiger charge is -2.42. The lowest BCUT2D eigenvalue weighted by atomic mass is 9.96. The molecule has 21 unspecified atom stereocenters. The van der Waals surface area contributed by atoms with Crippen molar-refractivity contribution >= 4 is 0 Å². The molecule has 33 nitrogen and oxygen atoms in total. The number of nitrogens with two attached hydrogens (primary N) is 13. The summed E-state index contributed by atoms with van der Waals surface area (Å²) in [6.45, 7) is 0.478. The van der Waals surface area contributed by atoms with Gasteiger partial charge in [0.2, 0.25) is 0 Å². The van der Waals surface area contributed by atoms with Gasteiger partial charge in [-0.15, -0.1) is 0 Å². The van der Waals surface area contributed by atoms with E-state index in [9.17, 15) is 61.4 Å². The molecule has 7 aliphatic rings. The second-order valence-electron chi connectivity index (χ2n) is 21.0. The average molecular weight is 1330 g/mol. The van der Waals surface area contributed by atoms with Gasteiger partial charge in [-0.25, -0.2) is 30.7 Å². The molecular formula is C49H104F7N13O20. The quantitative estimate of drug-likeness (QED) is 0.0718. The van der Waals surface area contributed by atoms with Crippen molar-refractivity contribution in [3.8, 4) is 0 Å². The standard InChI is InChI=1S/2C7H14F2N2O3.2C7H15FN2O3.C7H14FNO4.2C7H16N2O2/c1-13-6-4(11)5(12)7(8,9)3(2-10)14-6;1-13-6-4(11)7(8,9)5(12)3(2-10)14-6;1-12-7-5(10)4(8)6(11)3(2-9)13-7;1-12-7-5(10)6(11)4(8)3(2-9)13-7;1-12-7-6(11)4(8)5(10)3(2-9)13-7;2*1-10-7-6(9)3-2-5(4-8)11-7/h2*3-6,12H,2,10-11H2,1H3;2*3-7,11H,2,9-10H2,1H3;3-7,10-11H,2,9H2,1H3;2*5-7H,2-4,8-9H2,1H3/t2*3?,4?,5?,6-;3?,4?,5-,6?,7+;2*3?,4?,5?,6?,7-;2*5?,6?,7-/m0010000/s1. The van der Waals surface area contributed by atoms with Gasteiger partial charge in [0.25, 0.3) is 5.92 Å². The molecule has 0 aromatic rings. The first-order chi connectivity index (χ1) is 41.8. The van der Waals surface area contributed by atoms with Crippen LogP contribution in [-0.4, -0.2) is 316 Å². The Morgan fingerprint density at radius 1 is 0.348 bits per heavy atom. The largest absolute Gasteiger partial charge is 0.388 e. The second kappa shape index (κ2) is 41.9. The van der Waals surface area contributed by atoms with Gasteiger partial charge in [0.15, 0.2) is 56.4 Å². The molecule has 0 spiro atoms. The number of hydrogen-bond donors (Lipinski definition) is 19. The van der Waals surface area contributed by atoms with E-state index in [1.54, 1.807) is 14.2 Å². The first-order valence-corrected chi connectivity index (χ1v) is 28.3. The van der Waals surface area contributed by atoms with Gasteiger partial charge in [-0.1, -0.05) is 0 Å². The number of ether oxygens (including phenoxy) is 14. The van der Waals surface area contributed by atoms with Crippen molar-refractivity contribution < 1.29 is 128 Å². The van der Waals surface area contributed by atoms with Gasteiger partial charge in [-0.05, 0) is 25.7 Å². The number of hydrogen-bond acceptors (Lipinski definition) is 33. The van der Waals surface area contributed by atoms with Gasteiger partial charge in [-0.3, -0.25) is 0 Å². The summed E-state index contributed by atoms with van der Waals surface area (Å²) < 4.78 is 162. The Morgan fingerprint density at radius 2 is 0.719 bits per heavy atom. The SMILES string of the molecule is CO[C@H]1OC(CN)C(F)(F)C(O)C1N.CO[C@H]1OC(CN)C(F)C(O)C1N.CO[C@H]1OC(CN)C(O)C(F)(F)C1N.CO[C@H]1OC(CN)C(O)C(F)C1O.CO[C@H]1OC(CN)C(O)C(F)[C@H]1N.CO[C@H]1OC(CN)CCC1N.CO[C@H]1OC(CN)CCC1N. The van der Waals surface area contributed by atoms with Crippen LogP contribution in [0.2, 0.25) is 0 Å². The monoisotopic (exact) mass is 1330 g/mol. The highest BCUT2D eigenvalue weighted by molar-refractivity contribution is 5.00. The normalized spacial score (nSPS) is 43.3. The number of aliphatic hydroxyl groups is 6. The van der Waals surface area contributed by atoms with Crippen molar-refractivity contribution in [3.05, 3.63) is 0 Å². The van der Waals surface area contributed by atoms with Gasteiger partial charge in [-0.2, -0.15) is 0 Å². The predicted octanol–water partition coefficient (Wildman–Crippen LogP) is -8.81. The zero-order chi connectivity index (χ0) is 68.4. The summed E-state index contributed by atoms with van der Waals surface area (Å²) in [6.07, 6.45) is -21.0. The zero-order valence-electron chi connectivity index (χ0n) is 51.1. The van der Waals surface area contributed by atoms with E-state index in [1.165, 1.54) is 35.5 Å². The van der Waals surface area contributed by atoms with Crippen molar-refractivity contribution in [1.29, 1.82) is 0 Å². The van der Waals surface area contributed by atoms with Gasteiger partial charge in [0.05, 0.1) is 42.4 Å². The Hall–Kier alpha value is -1.81. The lowest BCUT2D eigenvalue weighted by Crippen LogP contribution is -2.66. The van der Waals surface area contributed by atoms with Crippen molar-refractivity contribution in [2.75, 3.05) is 95.6 Å². The van der Waals surface area contributed by atoms with Crippen LogP contribution >= 0.6 is 0 Å². The molecule has 0 aromatic carbocycles. The van der Waals surface area contributed by atoms with Crippen molar-refractivity contribution in [3.63, 3.8) is 0 Å². The summed E-state index contributed by atoms with van der Waals surface area (Å²) in [5.74, 6) is -6.90. The van der Waals surface area contributed by atoms with E-state index < -0.39 is 160 Å². The summed E-state index contributed by atoms with van der Waals surface area (Å²) in [5, 5.41) is 55.5. The van der Waals surface area contributed by atoms with E-state index in [0.717, 1.165) is 25.7 Å². The Bertz CT molecular complexity index is 1670. The Morgan fingerprint density at radius 3 is 1.11 bits per heavy atom. The van der Waals surface area contributed by atoms with E-state index in [0.29, 0.717) is 13.1 Å². The molecule has 0 radical (unpaired) electrons. The number of rotatable bonds is 14. The Labute approximate surface area is 512 Å². The number of aliphatic hydroxyl groups excluding tert-OH is 6. The molecule has 7 fully saturated rings. The molecular weight excluding hydrogens is 1220 g/mol. The molecule has 29 atom stereocenters. The van der Waals surface area contributed by atoms with Gasteiger partial charge >= 0.3 is 5.92 Å². The maximum atomic E-state index is 13.3.